The fourth-order valence-electron chi connectivity index (χ4n) is 4.49. The van der Waals surface area contributed by atoms with Crippen molar-refractivity contribution in [3.8, 4) is 0 Å². The summed E-state index contributed by atoms with van der Waals surface area (Å²) in [6.45, 7) is 10.1. The summed E-state index contributed by atoms with van der Waals surface area (Å²) in [5, 5.41) is 2.84. The van der Waals surface area contributed by atoms with Gasteiger partial charge in [-0.1, -0.05) is 0 Å². The Bertz CT molecular complexity index is 1130. The van der Waals surface area contributed by atoms with Gasteiger partial charge in [0.15, 0.2) is 0 Å². The van der Waals surface area contributed by atoms with E-state index in [9.17, 15) is 18.0 Å². The van der Waals surface area contributed by atoms with Crippen LogP contribution in [0.2, 0.25) is 0 Å². The highest BCUT2D eigenvalue weighted by Crippen LogP contribution is 2.32. The number of aromatic nitrogens is 1. The maximum Gasteiger partial charge on any atom is 0.341 e. The number of furan rings is 1. The van der Waals surface area contributed by atoms with Crippen molar-refractivity contribution in [2.75, 3.05) is 19.7 Å². The lowest BCUT2D eigenvalue weighted by Gasteiger charge is -2.31. The summed E-state index contributed by atoms with van der Waals surface area (Å²) in [6.07, 6.45) is 1.15. The number of esters is 1. The van der Waals surface area contributed by atoms with E-state index in [0.29, 0.717) is 43.1 Å². The smallest absolute Gasteiger partial charge is 0.341 e. The molecule has 10 heteroatoms. The Balaban J connectivity index is 1.85. The van der Waals surface area contributed by atoms with Crippen molar-refractivity contribution in [3.05, 3.63) is 40.6 Å². The Kier molecular flexibility index (Phi) is 7.69. The Hall–Kier alpha value is -2.59. The molecule has 1 atom stereocenters. The lowest BCUT2D eigenvalue weighted by molar-refractivity contribution is -0.126. The Morgan fingerprint density at radius 2 is 1.91 bits per heavy atom. The van der Waals surface area contributed by atoms with Gasteiger partial charge in [-0.2, -0.15) is 4.31 Å². The van der Waals surface area contributed by atoms with Crippen LogP contribution in [0.15, 0.2) is 21.4 Å². The number of amides is 1. The van der Waals surface area contributed by atoms with Crippen LogP contribution in [0.1, 0.15) is 60.0 Å². The molecule has 0 saturated carbocycles. The van der Waals surface area contributed by atoms with E-state index in [1.165, 1.54) is 4.31 Å². The molecule has 1 saturated heterocycles. The third kappa shape index (κ3) is 5.01. The van der Waals surface area contributed by atoms with Crippen molar-refractivity contribution >= 4 is 21.9 Å². The van der Waals surface area contributed by atoms with Crippen LogP contribution >= 0.6 is 0 Å². The molecular weight excluding hydrogens is 446 g/mol. The average molecular weight is 480 g/mol. The van der Waals surface area contributed by atoms with Crippen LogP contribution in [-0.4, -0.2) is 48.9 Å². The molecule has 0 unspecified atom stereocenters. The normalized spacial score (nSPS) is 17.2. The van der Waals surface area contributed by atoms with Crippen LogP contribution in [0.5, 0.6) is 0 Å². The first kappa shape index (κ1) is 25.0. The van der Waals surface area contributed by atoms with Crippen LogP contribution in [0.4, 0.5) is 0 Å². The van der Waals surface area contributed by atoms with E-state index in [1.54, 1.807) is 31.4 Å². The standard InChI is InChI=1S/C23H33N3O6S/c1-6-26-16(4)20(23(28)31-7-2)21(17(26)5)33(29,30)25-12-8-9-18(14-25)22(27)24-13-19-11-10-15(3)32-19/h10-11,18H,6-9,12-14H2,1-5H3,(H,24,27)/t18-/m0/s1. The molecule has 1 N–H and O–H groups in total. The SMILES string of the molecule is CCOC(=O)c1c(S(=O)(=O)N2CCC[C@H](C(=O)NCc3ccc(C)o3)C2)c(C)n(CC)c1C. The van der Waals surface area contributed by atoms with E-state index in [1.807, 2.05) is 19.9 Å². The minimum Gasteiger partial charge on any atom is -0.465 e. The molecule has 2 aromatic rings. The van der Waals surface area contributed by atoms with E-state index in [0.717, 1.165) is 5.76 Å². The number of piperidine rings is 1. The third-order valence-electron chi connectivity index (χ3n) is 6.11. The molecule has 1 aliphatic heterocycles. The van der Waals surface area contributed by atoms with Crippen LogP contribution in [-0.2, 0) is 32.6 Å². The first-order valence-electron chi connectivity index (χ1n) is 11.3. The molecular formula is C23H33N3O6S. The monoisotopic (exact) mass is 479 g/mol. The van der Waals surface area contributed by atoms with E-state index < -0.39 is 21.9 Å². The van der Waals surface area contributed by atoms with Crippen molar-refractivity contribution in [1.82, 2.24) is 14.2 Å². The van der Waals surface area contributed by atoms with E-state index in [2.05, 4.69) is 5.32 Å². The summed E-state index contributed by atoms with van der Waals surface area (Å²) >= 11 is 0. The summed E-state index contributed by atoms with van der Waals surface area (Å²) in [5.41, 5.74) is 1.14. The van der Waals surface area contributed by atoms with Crippen molar-refractivity contribution in [3.63, 3.8) is 0 Å². The summed E-state index contributed by atoms with van der Waals surface area (Å²) < 4.78 is 41.2. The maximum atomic E-state index is 13.7. The van der Waals surface area contributed by atoms with Gasteiger partial charge in [0.05, 0.1) is 19.1 Å². The predicted molar refractivity (Wildman–Crippen MR) is 122 cm³/mol. The van der Waals surface area contributed by atoms with Crippen molar-refractivity contribution in [1.29, 1.82) is 0 Å². The molecule has 0 bridgehead atoms. The molecule has 9 nitrogen and oxygen atoms in total. The number of hydrogen-bond acceptors (Lipinski definition) is 6. The molecule has 1 amide bonds. The minimum atomic E-state index is -4.02. The zero-order valence-corrected chi connectivity index (χ0v) is 20.8. The molecule has 0 spiro atoms. The Labute approximate surface area is 195 Å². The average Bonchev–Trinajstić information content (AvgIpc) is 3.31. The van der Waals surface area contributed by atoms with Crippen molar-refractivity contribution in [2.24, 2.45) is 5.92 Å². The van der Waals surface area contributed by atoms with Crippen LogP contribution < -0.4 is 5.32 Å². The van der Waals surface area contributed by atoms with Gasteiger partial charge in [-0.25, -0.2) is 13.2 Å². The van der Waals surface area contributed by atoms with E-state index >= 15 is 0 Å². The van der Waals surface area contributed by atoms with Gasteiger partial charge in [-0.15, -0.1) is 0 Å². The van der Waals surface area contributed by atoms with Gasteiger partial charge in [0.2, 0.25) is 15.9 Å². The number of aryl methyl sites for hydroxylation is 1. The zero-order chi connectivity index (χ0) is 24.3. The highest BCUT2D eigenvalue weighted by molar-refractivity contribution is 7.89. The molecule has 2 aromatic heterocycles. The lowest BCUT2D eigenvalue weighted by atomic mass is 9.99. The second-order valence-electron chi connectivity index (χ2n) is 8.27. The summed E-state index contributed by atoms with van der Waals surface area (Å²) in [4.78, 5) is 25.4. The first-order valence-corrected chi connectivity index (χ1v) is 12.8. The largest absolute Gasteiger partial charge is 0.465 e. The van der Waals surface area contributed by atoms with Crippen LogP contribution in [0.25, 0.3) is 0 Å². The summed E-state index contributed by atoms with van der Waals surface area (Å²) in [6, 6.07) is 3.62. The molecule has 1 aliphatic rings. The number of carbonyl (C=O) groups is 2. The number of ether oxygens (including phenoxy) is 1. The molecule has 0 aliphatic carbocycles. The Morgan fingerprint density at radius 3 is 2.52 bits per heavy atom. The highest BCUT2D eigenvalue weighted by atomic mass is 32.2. The number of sulfonamides is 1. The maximum absolute atomic E-state index is 13.7. The van der Waals surface area contributed by atoms with Gasteiger partial charge >= 0.3 is 5.97 Å². The number of carbonyl (C=O) groups excluding carboxylic acids is 2. The fourth-order valence-corrected chi connectivity index (χ4v) is 6.47. The van der Waals surface area contributed by atoms with Gasteiger partial charge in [0, 0.05) is 31.0 Å². The second-order valence-corrected chi connectivity index (χ2v) is 10.1. The number of nitrogens with one attached hydrogen (secondary N) is 1. The highest BCUT2D eigenvalue weighted by Gasteiger charge is 2.39. The van der Waals surface area contributed by atoms with Crippen LogP contribution in [0, 0.1) is 26.7 Å². The molecule has 3 heterocycles. The van der Waals surface area contributed by atoms with Crippen LogP contribution in [0.3, 0.4) is 0 Å². The minimum absolute atomic E-state index is 0.0209. The topological polar surface area (TPSA) is 111 Å². The number of nitrogens with zero attached hydrogens (tertiary/aromatic N) is 2. The van der Waals surface area contributed by atoms with Crippen molar-refractivity contribution in [2.45, 2.75) is 65.4 Å². The van der Waals surface area contributed by atoms with Gasteiger partial charge in [-0.3, -0.25) is 4.79 Å². The molecule has 0 radical (unpaired) electrons. The quantitative estimate of drug-likeness (QED) is 0.583. The molecule has 3 rings (SSSR count). The summed E-state index contributed by atoms with van der Waals surface area (Å²) in [7, 11) is -4.02. The molecule has 182 valence electrons. The van der Waals surface area contributed by atoms with Gasteiger partial charge in [-0.05, 0) is 59.6 Å². The fraction of sp³-hybridized carbons (Fsp3) is 0.565. The molecule has 1 fully saturated rings. The zero-order valence-electron chi connectivity index (χ0n) is 19.9. The second kappa shape index (κ2) is 10.1. The van der Waals surface area contributed by atoms with Gasteiger partial charge in [0.1, 0.15) is 22.0 Å². The summed E-state index contributed by atoms with van der Waals surface area (Å²) in [5.74, 6) is 0.0614. The number of rotatable bonds is 8. The first-order chi connectivity index (χ1) is 15.6. The van der Waals surface area contributed by atoms with Gasteiger partial charge < -0.3 is 19.0 Å². The molecule has 0 aromatic carbocycles. The van der Waals surface area contributed by atoms with E-state index in [4.69, 9.17) is 9.15 Å². The van der Waals surface area contributed by atoms with E-state index in [-0.39, 0.29) is 36.1 Å². The van der Waals surface area contributed by atoms with Gasteiger partial charge in [0.25, 0.3) is 0 Å². The predicted octanol–water partition coefficient (Wildman–Crippen LogP) is 2.92. The van der Waals surface area contributed by atoms with Crippen molar-refractivity contribution < 1.29 is 27.2 Å². The number of hydrogen-bond donors (Lipinski definition) is 1. The Morgan fingerprint density at radius 1 is 1.18 bits per heavy atom. The molecule has 33 heavy (non-hydrogen) atoms. The third-order valence-corrected chi connectivity index (χ3v) is 8.14. The lowest BCUT2D eigenvalue weighted by Crippen LogP contribution is -2.45.